The van der Waals surface area contributed by atoms with Crippen LogP contribution < -0.4 is 0 Å². The predicted octanol–water partition coefficient (Wildman–Crippen LogP) is 4.39. The number of aryl methyl sites for hydroxylation is 1. The number of fused-ring (bicyclic) bond motifs is 2. The van der Waals surface area contributed by atoms with Gasteiger partial charge in [0.15, 0.2) is 5.76 Å². The summed E-state index contributed by atoms with van der Waals surface area (Å²) in [5, 5.41) is 0. The third-order valence-electron chi connectivity index (χ3n) is 5.91. The van der Waals surface area contributed by atoms with Gasteiger partial charge in [-0.1, -0.05) is 26.8 Å². The van der Waals surface area contributed by atoms with Gasteiger partial charge in [0.05, 0.1) is 6.26 Å². The molecule has 2 aliphatic rings. The first-order valence-corrected chi connectivity index (χ1v) is 8.27. The summed E-state index contributed by atoms with van der Waals surface area (Å²) in [6, 6.07) is 0. The average Bonchev–Trinajstić information content (AvgIpc) is 2.87. The van der Waals surface area contributed by atoms with E-state index in [2.05, 4.69) is 20.4 Å². The molecule has 0 N–H and O–H groups in total. The van der Waals surface area contributed by atoms with E-state index < -0.39 is 17.5 Å². The third kappa shape index (κ3) is 2.19. The van der Waals surface area contributed by atoms with Crippen molar-refractivity contribution >= 4 is 11.8 Å². The monoisotopic (exact) mass is 316 g/mol. The summed E-state index contributed by atoms with van der Waals surface area (Å²) in [7, 11) is 0. The van der Waals surface area contributed by atoms with Gasteiger partial charge in [-0.05, 0) is 38.2 Å². The van der Waals surface area contributed by atoms with Crippen LogP contribution in [-0.4, -0.2) is 11.8 Å². The topological polar surface area (TPSA) is 56.5 Å². The molecular formula is C19H24O4. The number of furan rings is 1. The van der Waals surface area contributed by atoms with E-state index >= 15 is 0 Å². The summed E-state index contributed by atoms with van der Waals surface area (Å²) < 4.78 is 11.4. The molecule has 0 aliphatic heterocycles. The number of esters is 1. The van der Waals surface area contributed by atoms with Gasteiger partial charge in [-0.15, -0.1) is 0 Å². The van der Waals surface area contributed by atoms with Crippen LogP contribution >= 0.6 is 0 Å². The molecule has 3 rings (SSSR count). The number of rotatable bonds is 2. The average molecular weight is 316 g/mol. The summed E-state index contributed by atoms with van der Waals surface area (Å²) >= 11 is 0. The van der Waals surface area contributed by atoms with Crippen molar-refractivity contribution in [2.75, 3.05) is 0 Å². The molecule has 0 bridgehead atoms. The Hall–Kier alpha value is -1.84. The summed E-state index contributed by atoms with van der Waals surface area (Å²) in [6.45, 7) is 11.5. The van der Waals surface area contributed by atoms with Crippen LogP contribution in [0.1, 0.15) is 67.8 Å². The van der Waals surface area contributed by atoms with Crippen molar-refractivity contribution in [3.8, 4) is 0 Å². The van der Waals surface area contributed by atoms with E-state index in [9.17, 15) is 9.59 Å². The Bertz CT molecular complexity index is 684. The lowest BCUT2D eigenvalue weighted by atomic mass is 9.54. The zero-order chi connectivity index (χ0) is 16.9. The van der Waals surface area contributed by atoms with Crippen molar-refractivity contribution < 1.29 is 18.7 Å². The maximum atomic E-state index is 12.9. The molecule has 2 aliphatic carbocycles. The minimum Gasteiger partial charge on any atom is -0.461 e. The minimum atomic E-state index is -0.460. The molecule has 1 aromatic heterocycles. The van der Waals surface area contributed by atoms with Crippen LogP contribution in [0, 0.1) is 24.2 Å². The van der Waals surface area contributed by atoms with Crippen molar-refractivity contribution in [1.82, 2.24) is 0 Å². The molecule has 0 aromatic carbocycles. The normalized spacial score (nSPS) is 32.9. The standard InChI is InChI=1S/C19H24O4/c1-10(2)18(21)23-17-14-11(3)9-22-16(14)15(20)13-8-6-7-12(4)19(13,17)5/h9,12-13,17H,1,6-8H2,2-5H3. The van der Waals surface area contributed by atoms with Crippen molar-refractivity contribution in [2.24, 2.45) is 17.3 Å². The van der Waals surface area contributed by atoms with E-state index in [0.29, 0.717) is 11.3 Å². The fourth-order valence-electron chi connectivity index (χ4n) is 4.28. The zero-order valence-corrected chi connectivity index (χ0v) is 14.3. The molecule has 4 heteroatoms. The van der Waals surface area contributed by atoms with Gasteiger partial charge in [0.2, 0.25) is 5.78 Å². The number of carbonyl (C=O) groups is 2. The number of Topliss-reactive ketones (excluding diaryl/α,β-unsaturated/α-hetero) is 1. The summed E-state index contributed by atoms with van der Waals surface area (Å²) in [4.78, 5) is 25.2. The van der Waals surface area contributed by atoms with Gasteiger partial charge in [-0.25, -0.2) is 4.79 Å². The molecule has 0 radical (unpaired) electrons. The minimum absolute atomic E-state index is 0.0600. The maximum absolute atomic E-state index is 12.9. The van der Waals surface area contributed by atoms with E-state index in [1.54, 1.807) is 13.2 Å². The lowest BCUT2D eigenvalue weighted by Gasteiger charge is -2.51. The quantitative estimate of drug-likeness (QED) is 0.600. The first-order valence-electron chi connectivity index (χ1n) is 8.27. The largest absolute Gasteiger partial charge is 0.461 e. The van der Waals surface area contributed by atoms with Crippen molar-refractivity contribution in [2.45, 2.75) is 53.1 Å². The summed E-state index contributed by atoms with van der Waals surface area (Å²) in [5.74, 6) is 0.153. The van der Waals surface area contributed by atoms with E-state index in [4.69, 9.17) is 9.15 Å². The first kappa shape index (κ1) is 16.0. The predicted molar refractivity (Wildman–Crippen MR) is 86.0 cm³/mol. The molecule has 124 valence electrons. The highest BCUT2D eigenvalue weighted by Gasteiger charge is 2.58. The van der Waals surface area contributed by atoms with Crippen LogP contribution in [0.5, 0.6) is 0 Å². The third-order valence-corrected chi connectivity index (χ3v) is 5.91. The first-order chi connectivity index (χ1) is 10.8. The molecule has 1 heterocycles. The van der Waals surface area contributed by atoms with Crippen LogP contribution in [0.15, 0.2) is 22.8 Å². The van der Waals surface area contributed by atoms with E-state index in [-0.39, 0.29) is 17.6 Å². The molecule has 1 aromatic rings. The Labute approximate surface area is 136 Å². The Morgan fingerprint density at radius 1 is 1.43 bits per heavy atom. The van der Waals surface area contributed by atoms with Gasteiger partial charge in [-0.3, -0.25) is 4.79 Å². The molecule has 0 saturated heterocycles. The molecule has 1 saturated carbocycles. The molecule has 0 amide bonds. The van der Waals surface area contributed by atoms with Crippen LogP contribution in [0.4, 0.5) is 0 Å². The fraction of sp³-hybridized carbons (Fsp3) is 0.579. The maximum Gasteiger partial charge on any atom is 0.333 e. The van der Waals surface area contributed by atoms with E-state index in [1.807, 2.05) is 6.92 Å². The number of hydrogen-bond donors (Lipinski definition) is 0. The molecule has 23 heavy (non-hydrogen) atoms. The summed E-state index contributed by atoms with van der Waals surface area (Å²) in [6.07, 6.45) is 4.00. The Morgan fingerprint density at radius 3 is 2.78 bits per heavy atom. The van der Waals surface area contributed by atoms with E-state index in [1.165, 1.54) is 0 Å². The Balaban J connectivity index is 2.16. The van der Waals surface area contributed by atoms with Gasteiger partial charge >= 0.3 is 5.97 Å². The highest BCUT2D eigenvalue weighted by atomic mass is 16.5. The Morgan fingerprint density at radius 2 is 2.13 bits per heavy atom. The van der Waals surface area contributed by atoms with Gasteiger partial charge in [0, 0.05) is 22.5 Å². The molecule has 4 nitrogen and oxygen atoms in total. The number of ether oxygens (including phenoxy) is 1. The molecule has 4 atom stereocenters. The highest BCUT2D eigenvalue weighted by Crippen LogP contribution is 2.59. The van der Waals surface area contributed by atoms with Gasteiger partial charge in [0.1, 0.15) is 6.10 Å². The fourth-order valence-corrected chi connectivity index (χ4v) is 4.28. The SMILES string of the molecule is C=C(C)C(=O)OC1c2c(C)coc2C(=O)C2CCCC(C)C21C. The van der Waals surface area contributed by atoms with Gasteiger partial charge in [-0.2, -0.15) is 0 Å². The summed E-state index contributed by atoms with van der Waals surface area (Å²) in [5.41, 5.74) is 1.58. The van der Waals surface area contributed by atoms with Crippen molar-refractivity contribution in [1.29, 1.82) is 0 Å². The second-order valence-electron chi connectivity index (χ2n) is 7.34. The van der Waals surface area contributed by atoms with Crippen molar-refractivity contribution in [3.63, 3.8) is 0 Å². The van der Waals surface area contributed by atoms with Crippen LogP contribution in [0.3, 0.4) is 0 Å². The van der Waals surface area contributed by atoms with Gasteiger partial charge < -0.3 is 9.15 Å². The number of carbonyl (C=O) groups excluding carboxylic acids is 2. The highest BCUT2D eigenvalue weighted by molar-refractivity contribution is 5.99. The molecule has 1 fully saturated rings. The lowest BCUT2D eigenvalue weighted by molar-refractivity contribution is -0.161. The van der Waals surface area contributed by atoms with Crippen LogP contribution in [-0.2, 0) is 9.53 Å². The number of ketones is 1. The van der Waals surface area contributed by atoms with Crippen LogP contribution in [0.25, 0.3) is 0 Å². The number of hydrogen-bond acceptors (Lipinski definition) is 4. The zero-order valence-electron chi connectivity index (χ0n) is 14.3. The smallest absolute Gasteiger partial charge is 0.333 e. The second kappa shape index (κ2) is 5.36. The molecule has 4 unspecified atom stereocenters. The molecule has 0 spiro atoms. The second-order valence-corrected chi connectivity index (χ2v) is 7.34. The van der Waals surface area contributed by atoms with E-state index in [0.717, 1.165) is 30.4 Å². The Kier molecular flexibility index (Phi) is 3.74. The van der Waals surface area contributed by atoms with Crippen molar-refractivity contribution in [3.05, 3.63) is 35.3 Å². The lowest BCUT2D eigenvalue weighted by Crippen LogP contribution is -2.50. The van der Waals surface area contributed by atoms with Crippen LogP contribution in [0.2, 0.25) is 0 Å². The molecular weight excluding hydrogens is 292 g/mol. The van der Waals surface area contributed by atoms with Gasteiger partial charge in [0.25, 0.3) is 0 Å².